The largest absolute Gasteiger partial charge is 0.354 e. The lowest BCUT2D eigenvalue weighted by atomic mass is 10.0. The third-order valence-electron chi connectivity index (χ3n) is 5.35. The molecule has 1 amide bonds. The molecule has 1 aliphatic rings. The van der Waals surface area contributed by atoms with E-state index in [-0.39, 0.29) is 17.0 Å². The SMILES string of the molecule is Cc1ccc2c(Nc3ccc(Cl)c(F)c3)c(C(=O)N3CCCCC3C)cnc2n1. The summed E-state index contributed by atoms with van der Waals surface area (Å²) in [7, 11) is 0. The summed E-state index contributed by atoms with van der Waals surface area (Å²) >= 11 is 5.81. The summed E-state index contributed by atoms with van der Waals surface area (Å²) in [5, 5.41) is 3.97. The van der Waals surface area contributed by atoms with Crippen molar-refractivity contribution in [3.63, 3.8) is 0 Å². The van der Waals surface area contributed by atoms with Crippen LogP contribution in [0.15, 0.2) is 36.5 Å². The minimum atomic E-state index is -0.526. The van der Waals surface area contributed by atoms with Crippen molar-refractivity contribution in [2.75, 3.05) is 11.9 Å². The standard InChI is InChI=1S/C22H22ClFN4O/c1-13-6-8-16-20(27-15-7-9-18(23)19(24)11-15)17(12-25-21(16)26-13)22(29)28-10-4-3-5-14(28)2/h6-9,11-12,14H,3-5,10H2,1-2H3,(H,25,26,27). The summed E-state index contributed by atoms with van der Waals surface area (Å²) in [4.78, 5) is 24.2. The monoisotopic (exact) mass is 412 g/mol. The van der Waals surface area contributed by atoms with Crippen molar-refractivity contribution in [3.05, 3.63) is 58.6 Å². The van der Waals surface area contributed by atoms with Gasteiger partial charge in [0.25, 0.3) is 5.91 Å². The van der Waals surface area contributed by atoms with Gasteiger partial charge in [0, 0.05) is 35.6 Å². The summed E-state index contributed by atoms with van der Waals surface area (Å²) in [6.45, 7) is 4.68. The fourth-order valence-corrected chi connectivity index (χ4v) is 3.86. The molecular formula is C22H22ClFN4O. The van der Waals surface area contributed by atoms with Gasteiger partial charge in [-0.1, -0.05) is 11.6 Å². The summed E-state index contributed by atoms with van der Waals surface area (Å²) in [5.74, 6) is -0.606. The quantitative estimate of drug-likeness (QED) is 0.618. The number of hydrogen-bond acceptors (Lipinski definition) is 4. The molecule has 3 aromatic rings. The number of carbonyl (C=O) groups is 1. The van der Waals surface area contributed by atoms with Crippen LogP contribution in [0, 0.1) is 12.7 Å². The van der Waals surface area contributed by atoms with E-state index in [4.69, 9.17) is 11.6 Å². The van der Waals surface area contributed by atoms with Crippen LogP contribution < -0.4 is 5.32 Å². The average molecular weight is 413 g/mol. The molecule has 1 aliphatic heterocycles. The van der Waals surface area contributed by atoms with Gasteiger partial charge >= 0.3 is 0 Å². The number of likely N-dealkylation sites (tertiary alicyclic amines) is 1. The number of rotatable bonds is 3. The van der Waals surface area contributed by atoms with Crippen molar-refractivity contribution in [2.24, 2.45) is 0 Å². The maximum absolute atomic E-state index is 14.0. The number of anilines is 2. The molecule has 1 unspecified atom stereocenters. The number of hydrogen-bond donors (Lipinski definition) is 1. The Morgan fingerprint density at radius 1 is 1.28 bits per heavy atom. The minimum Gasteiger partial charge on any atom is -0.354 e. The van der Waals surface area contributed by atoms with Gasteiger partial charge in [-0.05, 0) is 63.4 Å². The van der Waals surface area contributed by atoms with Gasteiger partial charge < -0.3 is 10.2 Å². The highest BCUT2D eigenvalue weighted by Crippen LogP contribution is 2.32. The van der Waals surface area contributed by atoms with Crippen LogP contribution in [0.2, 0.25) is 5.02 Å². The van der Waals surface area contributed by atoms with E-state index in [1.54, 1.807) is 12.3 Å². The van der Waals surface area contributed by atoms with E-state index in [0.29, 0.717) is 28.0 Å². The number of fused-ring (bicyclic) bond motifs is 1. The maximum atomic E-state index is 14.0. The zero-order chi connectivity index (χ0) is 20.5. The number of amides is 1. The molecule has 0 aliphatic carbocycles. The minimum absolute atomic E-state index is 0.0471. The van der Waals surface area contributed by atoms with Crippen LogP contribution in [-0.4, -0.2) is 33.4 Å². The molecule has 150 valence electrons. The van der Waals surface area contributed by atoms with Gasteiger partial charge in [0.15, 0.2) is 5.65 Å². The molecule has 0 spiro atoms. The van der Waals surface area contributed by atoms with Crippen molar-refractivity contribution in [2.45, 2.75) is 39.2 Å². The molecular weight excluding hydrogens is 391 g/mol. The van der Waals surface area contributed by atoms with Crippen molar-refractivity contribution in [1.29, 1.82) is 0 Å². The third kappa shape index (κ3) is 3.90. The Labute approximate surface area is 173 Å². The molecule has 1 aromatic carbocycles. The van der Waals surface area contributed by atoms with Crippen LogP contribution in [0.1, 0.15) is 42.2 Å². The van der Waals surface area contributed by atoms with Crippen LogP contribution in [0.4, 0.5) is 15.8 Å². The molecule has 29 heavy (non-hydrogen) atoms. The first kappa shape index (κ1) is 19.6. The molecule has 0 bridgehead atoms. The lowest BCUT2D eigenvalue weighted by molar-refractivity contribution is 0.0636. The summed E-state index contributed by atoms with van der Waals surface area (Å²) in [6.07, 6.45) is 4.66. The van der Waals surface area contributed by atoms with Crippen LogP contribution in [0.5, 0.6) is 0 Å². The average Bonchev–Trinajstić information content (AvgIpc) is 2.70. The molecule has 0 radical (unpaired) electrons. The Bertz CT molecular complexity index is 1090. The van der Waals surface area contributed by atoms with Gasteiger partial charge in [-0.25, -0.2) is 14.4 Å². The number of aryl methyl sites for hydroxylation is 1. The molecule has 1 fully saturated rings. The fourth-order valence-electron chi connectivity index (χ4n) is 3.74. The maximum Gasteiger partial charge on any atom is 0.257 e. The Balaban J connectivity index is 1.82. The molecule has 1 saturated heterocycles. The fraction of sp³-hybridized carbons (Fsp3) is 0.318. The highest BCUT2D eigenvalue weighted by atomic mass is 35.5. The highest BCUT2D eigenvalue weighted by Gasteiger charge is 2.27. The van der Waals surface area contributed by atoms with Crippen LogP contribution in [0.25, 0.3) is 11.0 Å². The van der Waals surface area contributed by atoms with Gasteiger partial charge in [-0.3, -0.25) is 4.79 Å². The Kier molecular flexibility index (Phi) is 5.37. The molecule has 4 rings (SSSR count). The van der Waals surface area contributed by atoms with E-state index in [9.17, 15) is 9.18 Å². The van der Waals surface area contributed by atoms with E-state index >= 15 is 0 Å². The lowest BCUT2D eigenvalue weighted by Crippen LogP contribution is -2.42. The zero-order valence-corrected chi connectivity index (χ0v) is 17.1. The second-order valence-corrected chi connectivity index (χ2v) is 7.88. The predicted molar refractivity (Wildman–Crippen MR) is 113 cm³/mol. The topological polar surface area (TPSA) is 58.1 Å². The van der Waals surface area contributed by atoms with E-state index in [0.717, 1.165) is 31.5 Å². The Hall–Kier alpha value is -2.73. The number of nitrogens with one attached hydrogen (secondary N) is 1. The van der Waals surface area contributed by atoms with Crippen LogP contribution in [0.3, 0.4) is 0 Å². The number of piperidine rings is 1. The number of benzene rings is 1. The Morgan fingerprint density at radius 2 is 2.10 bits per heavy atom. The van der Waals surface area contributed by atoms with Gasteiger partial charge in [0.2, 0.25) is 0 Å². The second-order valence-electron chi connectivity index (χ2n) is 7.47. The van der Waals surface area contributed by atoms with Crippen LogP contribution in [-0.2, 0) is 0 Å². The van der Waals surface area contributed by atoms with Gasteiger partial charge in [0.05, 0.1) is 16.3 Å². The lowest BCUT2D eigenvalue weighted by Gasteiger charge is -2.34. The number of pyridine rings is 2. The number of nitrogens with zero attached hydrogens (tertiary/aromatic N) is 3. The first-order valence-corrected chi connectivity index (χ1v) is 10.1. The highest BCUT2D eigenvalue weighted by molar-refractivity contribution is 6.30. The zero-order valence-electron chi connectivity index (χ0n) is 16.4. The summed E-state index contributed by atoms with van der Waals surface area (Å²) in [6, 6.07) is 8.40. The normalized spacial score (nSPS) is 16.8. The Morgan fingerprint density at radius 3 is 2.86 bits per heavy atom. The van der Waals surface area contributed by atoms with E-state index in [1.807, 2.05) is 24.0 Å². The van der Waals surface area contributed by atoms with E-state index in [1.165, 1.54) is 12.1 Å². The van der Waals surface area contributed by atoms with Gasteiger partial charge in [0.1, 0.15) is 5.82 Å². The smallest absolute Gasteiger partial charge is 0.257 e. The molecule has 5 nitrogen and oxygen atoms in total. The van der Waals surface area contributed by atoms with E-state index < -0.39 is 5.82 Å². The van der Waals surface area contributed by atoms with Crippen molar-refractivity contribution in [3.8, 4) is 0 Å². The molecule has 1 atom stereocenters. The molecule has 3 heterocycles. The molecule has 0 saturated carbocycles. The number of aromatic nitrogens is 2. The number of carbonyl (C=O) groups excluding carboxylic acids is 1. The summed E-state index contributed by atoms with van der Waals surface area (Å²) < 4.78 is 14.0. The summed E-state index contributed by atoms with van der Waals surface area (Å²) in [5.41, 5.74) is 2.89. The molecule has 7 heteroatoms. The van der Waals surface area contributed by atoms with Gasteiger partial charge in [-0.15, -0.1) is 0 Å². The first-order chi connectivity index (χ1) is 13.9. The number of halogens is 2. The van der Waals surface area contributed by atoms with Crippen LogP contribution >= 0.6 is 11.6 Å². The van der Waals surface area contributed by atoms with Crippen molar-refractivity contribution >= 4 is 39.9 Å². The third-order valence-corrected chi connectivity index (χ3v) is 5.66. The second kappa shape index (κ2) is 7.95. The molecule has 1 N–H and O–H groups in total. The van der Waals surface area contributed by atoms with E-state index in [2.05, 4.69) is 22.2 Å². The predicted octanol–water partition coefficient (Wildman–Crippen LogP) is 5.49. The molecule has 2 aromatic heterocycles. The van der Waals surface area contributed by atoms with Crippen molar-refractivity contribution in [1.82, 2.24) is 14.9 Å². The van der Waals surface area contributed by atoms with Gasteiger partial charge in [-0.2, -0.15) is 0 Å². The first-order valence-electron chi connectivity index (χ1n) is 9.73. The van der Waals surface area contributed by atoms with Crippen molar-refractivity contribution < 1.29 is 9.18 Å².